The smallest absolute Gasteiger partial charge is 0.249 e. The quantitative estimate of drug-likeness (QED) is 0.626. The first-order chi connectivity index (χ1) is 7.41. The standard InChI is InChI=1S/C11H11BrFNO2/c1-7(2)11(14(15)16)5-8-3-4-9(13)6-10(8)12/h3-7H,1-2H3/b11-5-. The van der Waals surface area contributed by atoms with E-state index in [4.69, 9.17) is 0 Å². The Kier molecular flexibility index (Phi) is 4.18. The summed E-state index contributed by atoms with van der Waals surface area (Å²) >= 11 is 3.17. The minimum absolute atomic E-state index is 0.104. The number of nitrogens with zero attached hydrogens (tertiary/aromatic N) is 1. The van der Waals surface area contributed by atoms with Gasteiger partial charge >= 0.3 is 0 Å². The molecule has 0 atom stereocenters. The Morgan fingerprint density at radius 3 is 2.62 bits per heavy atom. The number of rotatable bonds is 3. The van der Waals surface area contributed by atoms with Crippen LogP contribution in [-0.2, 0) is 0 Å². The highest BCUT2D eigenvalue weighted by Crippen LogP contribution is 2.23. The summed E-state index contributed by atoms with van der Waals surface area (Å²) < 4.78 is 13.3. The maximum Gasteiger partial charge on any atom is 0.249 e. The minimum Gasteiger partial charge on any atom is -0.259 e. The molecule has 1 aromatic rings. The number of nitro groups is 1. The van der Waals surface area contributed by atoms with Gasteiger partial charge in [0.2, 0.25) is 5.70 Å². The van der Waals surface area contributed by atoms with E-state index in [-0.39, 0.29) is 17.4 Å². The van der Waals surface area contributed by atoms with E-state index >= 15 is 0 Å². The molecular formula is C11H11BrFNO2. The highest BCUT2D eigenvalue weighted by Gasteiger charge is 2.16. The molecule has 0 aromatic heterocycles. The molecule has 0 fully saturated rings. The molecule has 3 nitrogen and oxygen atoms in total. The van der Waals surface area contributed by atoms with Gasteiger partial charge in [-0.2, -0.15) is 0 Å². The van der Waals surface area contributed by atoms with Crippen molar-refractivity contribution in [3.05, 3.63) is 49.9 Å². The van der Waals surface area contributed by atoms with Crippen molar-refractivity contribution < 1.29 is 9.31 Å². The fourth-order valence-electron chi connectivity index (χ4n) is 1.21. The first kappa shape index (κ1) is 12.8. The van der Waals surface area contributed by atoms with Gasteiger partial charge in [-0.05, 0) is 17.7 Å². The molecule has 1 aromatic carbocycles. The molecule has 0 aliphatic rings. The summed E-state index contributed by atoms with van der Waals surface area (Å²) in [6.45, 7) is 3.48. The summed E-state index contributed by atoms with van der Waals surface area (Å²) in [4.78, 5) is 10.4. The van der Waals surface area contributed by atoms with Crippen LogP contribution in [0.1, 0.15) is 19.4 Å². The van der Waals surface area contributed by atoms with E-state index in [1.165, 1.54) is 24.3 Å². The number of allylic oxidation sites excluding steroid dienone is 1. The molecule has 0 N–H and O–H groups in total. The molecule has 1 rings (SSSR count). The van der Waals surface area contributed by atoms with Crippen molar-refractivity contribution in [3.63, 3.8) is 0 Å². The van der Waals surface area contributed by atoms with E-state index in [0.717, 1.165) is 0 Å². The molecule has 0 heterocycles. The maximum atomic E-state index is 12.8. The van der Waals surface area contributed by atoms with E-state index in [1.807, 2.05) is 0 Å². The Morgan fingerprint density at radius 1 is 1.56 bits per heavy atom. The highest BCUT2D eigenvalue weighted by atomic mass is 79.9. The Bertz CT molecular complexity index is 444. The zero-order valence-corrected chi connectivity index (χ0v) is 10.5. The number of benzene rings is 1. The van der Waals surface area contributed by atoms with Crippen LogP contribution in [0.5, 0.6) is 0 Å². The Balaban J connectivity index is 3.18. The molecule has 16 heavy (non-hydrogen) atoms. The average Bonchev–Trinajstić information content (AvgIpc) is 2.15. The summed E-state index contributed by atoms with van der Waals surface area (Å²) in [6.07, 6.45) is 1.45. The molecule has 86 valence electrons. The fraction of sp³-hybridized carbons (Fsp3) is 0.273. The molecule has 5 heteroatoms. The zero-order chi connectivity index (χ0) is 12.3. The van der Waals surface area contributed by atoms with E-state index in [2.05, 4.69) is 15.9 Å². The summed E-state index contributed by atoms with van der Waals surface area (Å²) in [6, 6.07) is 4.06. The van der Waals surface area contributed by atoms with E-state index in [0.29, 0.717) is 10.0 Å². The molecule has 0 saturated carbocycles. The van der Waals surface area contributed by atoms with Gasteiger partial charge in [0.25, 0.3) is 0 Å². The maximum absolute atomic E-state index is 12.8. The van der Waals surface area contributed by atoms with Crippen molar-refractivity contribution in [1.29, 1.82) is 0 Å². The van der Waals surface area contributed by atoms with Crippen molar-refractivity contribution >= 4 is 22.0 Å². The Morgan fingerprint density at radius 2 is 2.19 bits per heavy atom. The topological polar surface area (TPSA) is 43.1 Å². The van der Waals surface area contributed by atoms with Crippen molar-refractivity contribution in [2.75, 3.05) is 0 Å². The van der Waals surface area contributed by atoms with Crippen molar-refractivity contribution in [2.24, 2.45) is 5.92 Å². The van der Waals surface area contributed by atoms with Gasteiger partial charge in [0, 0.05) is 16.5 Å². The lowest BCUT2D eigenvalue weighted by molar-refractivity contribution is -0.431. The van der Waals surface area contributed by atoms with Gasteiger partial charge < -0.3 is 0 Å². The Hall–Kier alpha value is -1.23. The van der Waals surface area contributed by atoms with Gasteiger partial charge in [-0.25, -0.2) is 4.39 Å². The third kappa shape index (κ3) is 3.13. The predicted octanol–water partition coefficient (Wildman–Crippen LogP) is 3.86. The van der Waals surface area contributed by atoms with E-state index in [9.17, 15) is 14.5 Å². The van der Waals surface area contributed by atoms with Gasteiger partial charge in [0.1, 0.15) is 5.82 Å². The van der Waals surface area contributed by atoms with Gasteiger partial charge in [0.05, 0.1) is 4.92 Å². The molecule has 0 spiro atoms. The third-order valence-electron chi connectivity index (χ3n) is 2.07. The van der Waals surface area contributed by atoms with Crippen LogP contribution in [-0.4, -0.2) is 4.92 Å². The van der Waals surface area contributed by atoms with Gasteiger partial charge in [-0.15, -0.1) is 0 Å². The first-order valence-electron chi connectivity index (χ1n) is 4.73. The predicted molar refractivity (Wildman–Crippen MR) is 63.9 cm³/mol. The first-order valence-corrected chi connectivity index (χ1v) is 5.52. The lowest BCUT2D eigenvalue weighted by atomic mass is 10.1. The molecule has 0 saturated heterocycles. The normalized spacial score (nSPS) is 11.9. The van der Waals surface area contributed by atoms with Crippen LogP contribution >= 0.6 is 15.9 Å². The summed E-state index contributed by atoms with van der Waals surface area (Å²) in [5.41, 5.74) is 0.703. The van der Waals surface area contributed by atoms with Crippen LogP contribution in [0.2, 0.25) is 0 Å². The summed E-state index contributed by atoms with van der Waals surface area (Å²) in [5, 5.41) is 10.8. The molecule has 0 bridgehead atoms. The molecule has 0 aliphatic heterocycles. The second-order valence-corrected chi connectivity index (χ2v) is 4.50. The number of hydrogen-bond donors (Lipinski definition) is 0. The van der Waals surface area contributed by atoms with Crippen LogP contribution in [0, 0.1) is 21.8 Å². The molecule has 0 radical (unpaired) electrons. The van der Waals surface area contributed by atoms with Gasteiger partial charge in [0.15, 0.2) is 0 Å². The molecule has 0 amide bonds. The monoisotopic (exact) mass is 287 g/mol. The zero-order valence-electron chi connectivity index (χ0n) is 8.91. The van der Waals surface area contributed by atoms with Crippen molar-refractivity contribution in [1.82, 2.24) is 0 Å². The summed E-state index contributed by atoms with van der Waals surface area (Å²) in [7, 11) is 0. The largest absolute Gasteiger partial charge is 0.259 e. The second-order valence-electron chi connectivity index (χ2n) is 3.65. The lowest BCUT2D eigenvalue weighted by Crippen LogP contribution is -2.05. The Labute approximate surface area is 101 Å². The van der Waals surface area contributed by atoms with Crippen molar-refractivity contribution in [2.45, 2.75) is 13.8 Å². The third-order valence-corrected chi connectivity index (χ3v) is 2.75. The van der Waals surface area contributed by atoms with Crippen LogP contribution in [0.4, 0.5) is 4.39 Å². The number of halogens is 2. The molecule has 0 unspecified atom stereocenters. The van der Waals surface area contributed by atoms with E-state index < -0.39 is 4.92 Å². The van der Waals surface area contributed by atoms with Crippen LogP contribution in [0.25, 0.3) is 6.08 Å². The number of hydrogen-bond acceptors (Lipinski definition) is 2. The van der Waals surface area contributed by atoms with Crippen LogP contribution in [0.3, 0.4) is 0 Å². The van der Waals surface area contributed by atoms with Gasteiger partial charge in [-0.3, -0.25) is 10.1 Å². The fourth-order valence-corrected chi connectivity index (χ4v) is 1.67. The summed E-state index contributed by atoms with van der Waals surface area (Å²) in [5.74, 6) is -0.567. The van der Waals surface area contributed by atoms with Gasteiger partial charge in [-0.1, -0.05) is 35.8 Å². The molecule has 0 aliphatic carbocycles. The average molecular weight is 288 g/mol. The van der Waals surface area contributed by atoms with Crippen LogP contribution < -0.4 is 0 Å². The van der Waals surface area contributed by atoms with E-state index in [1.54, 1.807) is 13.8 Å². The van der Waals surface area contributed by atoms with Crippen LogP contribution in [0.15, 0.2) is 28.4 Å². The second kappa shape index (κ2) is 5.21. The lowest BCUT2D eigenvalue weighted by Gasteiger charge is -2.03. The minimum atomic E-state index is -0.416. The van der Waals surface area contributed by atoms with Crippen molar-refractivity contribution in [3.8, 4) is 0 Å². The highest BCUT2D eigenvalue weighted by molar-refractivity contribution is 9.10. The molecular weight excluding hydrogens is 277 g/mol. The SMILES string of the molecule is CC(C)/C(=C/c1ccc(F)cc1Br)[N+](=O)[O-].